The molecule has 7 heteroatoms. The predicted octanol–water partition coefficient (Wildman–Crippen LogP) is 3.25. The zero-order valence-electron chi connectivity index (χ0n) is 10.4. The highest BCUT2D eigenvalue weighted by molar-refractivity contribution is 7.78. The number of hydrogen-bond acceptors (Lipinski definition) is 2. The Bertz CT molecular complexity index is 268. The minimum absolute atomic E-state index is 0.409. The van der Waals surface area contributed by atoms with Crippen LogP contribution in [0.25, 0.3) is 0 Å². The van der Waals surface area contributed by atoms with Gasteiger partial charge in [0.1, 0.15) is 0 Å². The lowest BCUT2D eigenvalue weighted by atomic mass is 9.94. The van der Waals surface area contributed by atoms with E-state index >= 15 is 0 Å². The summed E-state index contributed by atoms with van der Waals surface area (Å²) in [4.78, 5) is 1.17. The monoisotopic (exact) mass is 286 g/mol. The van der Waals surface area contributed by atoms with Crippen LogP contribution in [-0.2, 0) is 0 Å². The van der Waals surface area contributed by atoms with E-state index in [1.54, 1.807) is 6.92 Å². The van der Waals surface area contributed by atoms with E-state index < -0.39 is 31.4 Å². The summed E-state index contributed by atoms with van der Waals surface area (Å²) < 4.78 is 49.6. The second kappa shape index (κ2) is 8.29. The van der Waals surface area contributed by atoms with Crippen molar-refractivity contribution in [1.29, 1.82) is 0 Å². The van der Waals surface area contributed by atoms with E-state index in [0.29, 0.717) is 6.42 Å². The molecule has 0 rings (SSSR count). The third-order valence-electron chi connectivity index (χ3n) is 2.48. The highest BCUT2D eigenvalue weighted by Crippen LogP contribution is 2.28. The first-order valence-electron chi connectivity index (χ1n) is 5.55. The van der Waals surface area contributed by atoms with Crippen molar-refractivity contribution in [1.82, 2.24) is 10.2 Å². The lowest BCUT2D eigenvalue weighted by Gasteiger charge is -2.25. The molecular weight excluding hydrogens is 268 g/mol. The quantitative estimate of drug-likeness (QED) is 0.419. The standard InChI is InChI=1S/C11H18F4N2S/c1-3-10(16-8-18)9(6-11(13,14)15)4-5-17(2)7-12/h4-5,8-10H,3,6-7H2,1-2H3,(H,16,18)/b5-4-. The molecule has 0 spiro atoms. The Morgan fingerprint density at radius 3 is 2.39 bits per heavy atom. The van der Waals surface area contributed by atoms with E-state index in [1.807, 2.05) is 0 Å². The molecule has 0 aromatic carbocycles. The van der Waals surface area contributed by atoms with Gasteiger partial charge in [-0.05, 0) is 12.6 Å². The van der Waals surface area contributed by atoms with Crippen LogP contribution in [0.4, 0.5) is 17.6 Å². The SMILES string of the molecule is CCC(NC=S)C(/C=C\N(C)CF)CC(F)(F)F. The van der Waals surface area contributed by atoms with Crippen molar-refractivity contribution in [3.8, 4) is 0 Å². The maximum atomic E-state index is 12.5. The lowest BCUT2D eigenvalue weighted by Crippen LogP contribution is -2.36. The van der Waals surface area contributed by atoms with Crippen molar-refractivity contribution in [3.05, 3.63) is 12.3 Å². The fraction of sp³-hybridized carbons (Fsp3) is 0.727. The summed E-state index contributed by atoms with van der Waals surface area (Å²) in [5.74, 6) is -0.775. The van der Waals surface area contributed by atoms with Gasteiger partial charge in [0.2, 0.25) is 0 Å². The molecule has 2 nitrogen and oxygen atoms in total. The highest BCUT2D eigenvalue weighted by atomic mass is 32.1. The molecular formula is C11H18F4N2S. The Morgan fingerprint density at radius 2 is 2.00 bits per heavy atom. The van der Waals surface area contributed by atoms with Gasteiger partial charge in [-0.15, -0.1) is 0 Å². The molecule has 0 fully saturated rings. The molecule has 0 aliphatic carbocycles. The zero-order chi connectivity index (χ0) is 14.2. The van der Waals surface area contributed by atoms with Gasteiger partial charge in [-0.1, -0.05) is 25.2 Å². The second-order valence-corrected chi connectivity index (χ2v) is 4.24. The normalized spacial score (nSPS) is 15.4. The van der Waals surface area contributed by atoms with Crippen molar-refractivity contribution in [2.45, 2.75) is 32.0 Å². The highest BCUT2D eigenvalue weighted by Gasteiger charge is 2.33. The Kier molecular flexibility index (Phi) is 7.90. The molecule has 0 aromatic heterocycles. The van der Waals surface area contributed by atoms with E-state index in [1.165, 1.54) is 29.7 Å². The Labute approximate surface area is 110 Å². The predicted molar refractivity (Wildman–Crippen MR) is 67.9 cm³/mol. The maximum absolute atomic E-state index is 12.5. The van der Waals surface area contributed by atoms with Gasteiger partial charge in [0, 0.05) is 19.0 Å². The topological polar surface area (TPSA) is 15.3 Å². The van der Waals surface area contributed by atoms with Crippen LogP contribution in [0, 0.1) is 5.92 Å². The van der Waals surface area contributed by atoms with Crippen LogP contribution in [-0.4, -0.2) is 36.5 Å². The molecule has 0 aliphatic rings. The van der Waals surface area contributed by atoms with Crippen LogP contribution in [0.5, 0.6) is 0 Å². The van der Waals surface area contributed by atoms with Crippen molar-refractivity contribution in [2.75, 3.05) is 13.8 Å². The summed E-state index contributed by atoms with van der Waals surface area (Å²) in [6.45, 7) is 1.03. The Morgan fingerprint density at radius 1 is 1.39 bits per heavy atom. The summed E-state index contributed by atoms with van der Waals surface area (Å²) in [5, 5.41) is 2.72. The minimum Gasteiger partial charge on any atom is -0.379 e. The number of nitrogens with one attached hydrogen (secondary N) is 1. The number of nitrogens with zero attached hydrogens (tertiary/aromatic N) is 1. The lowest BCUT2D eigenvalue weighted by molar-refractivity contribution is -0.142. The zero-order valence-corrected chi connectivity index (χ0v) is 11.2. The third kappa shape index (κ3) is 7.47. The molecule has 0 bridgehead atoms. The van der Waals surface area contributed by atoms with Gasteiger partial charge >= 0.3 is 6.18 Å². The maximum Gasteiger partial charge on any atom is 0.389 e. The van der Waals surface area contributed by atoms with Gasteiger partial charge in [0.05, 0.1) is 11.9 Å². The number of hydrogen-bond donors (Lipinski definition) is 1. The van der Waals surface area contributed by atoms with Crippen LogP contribution in [0.15, 0.2) is 12.3 Å². The molecule has 0 radical (unpaired) electrons. The first-order valence-corrected chi connectivity index (χ1v) is 6.02. The van der Waals surface area contributed by atoms with Crippen molar-refractivity contribution >= 4 is 17.7 Å². The minimum atomic E-state index is -4.26. The van der Waals surface area contributed by atoms with Crippen molar-refractivity contribution in [3.63, 3.8) is 0 Å². The fourth-order valence-corrected chi connectivity index (χ4v) is 1.72. The van der Waals surface area contributed by atoms with Crippen LogP contribution in [0.1, 0.15) is 19.8 Å². The first kappa shape index (κ1) is 17.2. The number of alkyl halides is 4. The van der Waals surface area contributed by atoms with Crippen LogP contribution < -0.4 is 5.32 Å². The summed E-state index contributed by atoms with van der Waals surface area (Å²) >= 11 is 4.60. The van der Waals surface area contributed by atoms with E-state index in [2.05, 4.69) is 17.5 Å². The first-order chi connectivity index (χ1) is 8.34. The van der Waals surface area contributed by atoms with Crippen LogP contribution in [0.2, 0.25) is 0 Å². The van der Waals surface area contributed by atoms with Gasteiger partial charge in [-0.3, -0.25) is 0 Å². The summed E-state index contributed by atoms with van der Waals surface area (Å²) in [6, 6.07) is -0.409. The summed E-state index contributed by atoms with van der Waals surface area (Å²) in [7, 11) is 1.45. The molecule has 0 heterocycles. The van der Waals surface area contributed by atoms with Crippen LogP contribution >= 0.6 is 12.2 Å². The average Bonchev–Trinajstić information content (AvgIpc) is 2.29. The van der Waals surface area contributed by atoms with Gasteiger partial charge in [0.15, 0.2) is 6.80 Å². The molecule has 1 N–H and O–H groups in total. The third-order valence-corrected chi connectivity index (χ3v) is 2.62. The van der Waals surface area contributed by atoms with E-state index in [-0.39, 0.29) is 0 Å². The van der Waals surface area contributed by atoms with Crippen molar-refractivity contribution < 1.29 is 17.6 Å². The molecule has 0 aromatic rings. The number of thiocarbonyl (C=S) groups is 1. The Balaban J connectivity index is 4.79. The molecule has 2 atom stereocenters. The number of rotatable bonds is 8. The van der Waals surface area contributed by atoms with Gasteiger partial charge in [-0.2, -0.15) is 13.2 Å². The Hall–Kier alpha value is -0.850. The molecule has 0 saturated heterocycles. The molecule has 0 amide bonds. The molecule has 106 valence electrons. The average molecular weight is 286 g/mol. The summed E-state index contributed by atoms with van der Waals surface area (Å²) in [5.41, 5.74) is 1.21. The van der Waals surface area contributed by atoms with E-state index in [0.717, 1.165) is 0 Å². The largest absolute Gasteiger partial charge is 0.389 e. The second-order valence-electron chi connectivity index (χ2n) is 4.00. The van der Waals surface area contributed by atoms with Crippen molar-refractivity contribution in [2.24, 2.45) is 5.92 Å². The van der Waals surface area contributed by atoms with E-state index in [9.17, 15) is 17.6 Å². The smallest absolute Gasteiger partial charge is 0.379 e. The summed E-state index contributed by atoms with van der Waals surface area (Å²) in [6.07, 6.45) is -2.03. The molecule has 0 aliphatic heterocycles. The van der Waals surface area contributed by atoms with Gasteiger partial charge < -0.3 is 10.2 Å². The number of halogens is 4. The van der Waals surface area contributed by atoms with Crippen LogP contribution in [0.3, 0.4) is 0 Å². The molecule has 0 saturated carbocycles. The van der Waals surface area contributed by atoms with Gasteiger partial charge in [-0.25, -0.2) is 4.39 Å². The van der Waals surface area contributed by atoms with Gasteiger partial charge in [0.25, 0.3) is 0 Å². The fourth-order valence-electron chi connectivity index (χ4n) is 1.54. The molecule has 2 unspecified atom stereocenters. The molecule has 18 heavy (non-hydrogen) atoms. The van der Waals surface area contributed by atoms with E-state index in [4.69, 9.17) is 0 Å².